The van der Waals surface area contributed by atoms with Crippen LogP contribution in [0.4, 0.5) is 0 Å². The van der Waals surface area contributed by atoms with E-state index in [0.717, 1.165) is 17.0 Å². The number of pyridine rings is 1. The number of benzene rings is 1. The van der Waals surface area contributed by atoms with Crippen molar-refractivity contribution in [1.29, 1.82) is 0 Å². The Morgan fingerprint density at radius 2 is 2.00 bits per heavy atom. The van der Waals surface area contributed by atoms with Crippen molar-refractivity contribution >= 4 is 29.1 Å². The molecule has 1 aliphatic heterocycles. The van der Waals surface area contributed by atoms with Gasteiger partial charge in [0.15, 0.2) is 5.82 Å². The van der Waals surface area contributed by atoms with Crippen molar-refractivity contribution in [1.82, 2.24) is 19.9 Å². The van der Waals surface area contributed by atoms with Crippen molar-refractivity contribution in [2.45, 2.75) is 13.0 Å². The second-order valence-corrected chi connectivity index (χ2v) is 6.83. The number of fused-ring (bicyclic) bond motifs is 1. The van der Waals surface area contributed by atoms with Gasteiger partial charge in [-0.15, -0.1) is 0 Å². The molecule has 1 aliphatic rings. The summed E-state index contributed by atoms with van der Waals surface area (Å²) < 4.78 is 0. The molecule has 4 rings (SSSR count). The highest BCUT2D eigenvalue weighted by Crippen LogP contribution is 2.25. The van der Waals surface area contributed by atoms with Crippen LogP contribution in [-0.2, 0) is 13.0 Å². The fourth-order valence-electron chi connectivity index (χ4n) is 2.94. The molecule has 1 amide bonds. The maximum Gasteiger partial charge on any atom is 0.255 e. The monoisotopic (exact) mass is 384 g/mol. The third-order valence-electron chi connectivity index (χ3n) is 4.28. The number of carbonyl (C=O) groups is 1. The number of hydrogen-bond donors (Lipinski definition) is 0. The summed E-state index contributed by atoms with van der Waals surface area (Å²) in [6, 6.07) is 10.5. The molecule has 0 N–H and O–H groups in total. The summed E-state index contributed by atoms with van der Waals surface area (Å²) in [5.41, 5.74) is 3.08. The van der Waals surface area contributed by atoms with Gasteiger partial charge in [0.2, 0.25) is 0 Å². The molecule has 26 heavy (non-hydrogen) atoms. The van der Waals surface area contributed by atoms with E-state index in [0.29, 0.717) is 40.9 Å². The highest BCUT2D eigenvalue weighted by atomic mass is 35.5. The molecule has 7 heteroatoms. The van der Waals surface area contributed by atoms with Crippen LogP contribution in [0.5, 0.6) is 0 Å². The lowest BCUT2D eigenvalue weighted by Gasteiger charge is -2.28. The van der Waals surface area contributed by atoms with E-state index in [2.05, 4.69) is 15.0 Å². The van der Waals surface area contributed by atoms with Gasteiger partial charge in [-0.1, -0.05) is 29.3 Å². The van der Waals surface area contributed by atoms with E-state index >= 15 is 0 Å². The van der Waals surface area contributed by atoms with Crippen LogP contribution in [0.15, 0.2) is 48.8 Å². The topological polar surface area (TPSA) is 59.0 Å². The van der Waals surface area contributed by atoms with Crippen LogP contribution in [0.25, 0.3) is 11.5 Å². The highest BCUT2D eigenvalue weighted by Gasteiger charge is 2.25. The van der Waals surface area contributed by atoms with Gasteiger partial charge < -0.3 is 4.90 Å². The lowest BCUT2D eigenvalue weighted by Crippen LogP contribution is -2.36. The third-order valence-corrected chi connectivity index (χ3v) is 4.82. The largest absolute Gasteiger partial charge is 0.334 e. The normalized spacial score (nSPS) is 13.4. The van der Waals surface area contributed by atoms with Crippen molar-refractivity contribution in [3.63, 3.8) is 0 Å². The van der Waals surface area contributed by atoms with Crippen LogP contribution < -0.4 is 0 Å². The minimum Gasteiger partial charge on any atom is -0.334 e. The van der Waals surface area contributed by atoms with Crippen LogP contribution in [-0.4, -0.2) is 32.3 Å². The van der Waals surface area contributed by atoms with Gasteiger partial charge in [-0.2, -0.15) is 0 Å². The summed E-state index contributed by atoms with van der Waals surface area (Å²) in [6.45, 7) is 1.03. The first-order chi connectivity index (χ1) is 12.6. The molecule has 0 atom stereocenters. The molecule has 0 spiro atoms. The van der Waals surface area contributed by atoms with Gasteiger partial charge in [0.25, 0.3) is 5.91 Å². The molecule has 3 heterocycles. The minimum atomic E-state index is -0.119. The number of hydrogen-bond acceptors (Lipinski definition) is 4. The van der Waals surface area contributed by atoms with Gasteiger partial charge in [-0.05, 0) is 30.3 Å². The molecular weight excluding hydrogens is 371 g/mol. The second-order valence-electron chi connectivity index (χ2n) is 5.98. The van der Waals surface area contributed by atoms with Crippen LogP contribution in [0, 0.1) is 0 Å². The summed E-state index contributed by atoms with van der Waals surface area (Å²) in [7, 11) is 0. The summed E-state index contributed by atoms with van der Waals surface area (Å²) in [4.78, 5) is 27.8. The Morgan fingerprint density at radius 3 is 2.77 bits per heavy atom. The number of amides is 1. The first-order valence-electron chi connectivity index (χ1n) is 8.12. The summed E-state index contributed by atoms with van der Waals surface area (Å²) in [6.07, 6.45) is 4.15. The van der Waals surface area contributed by atoms with Crippen molar-refractivity contribution in [2.75, 3.05) is 6.54 Å². The third kappa shape index (κ3) is 3.28. The fourth-order valence-corrected chi connectivity index (χ4v) is 3.43. The summed E-state index contributed by atoms with van der Waals surface area (Å²) in [5, 5.41) is 0.862. The Bertz CT molecular complexity index is 979. The zero-order valence-corrected chi connectivity index (χ0v) is 15.2. The average molecular weight is 385 g/mol. The van der Waals surface area contributed by atoms with E-state index in [9.17, 15) is 4.79 Å². The van der Waals surface area contributed by atoms with Gasteiger partial charge in [0.05, 0.1) is 16.3 Å². The Labute approximate surface area is 160 Å². The van der Waals surface area contributed by atoms with E-state index in [-0.39, 0.29) is 5.91 Å². The van der Waals surface area contributed by atoms with Crippen molar-refractivity contribution in [3.8, 4) is 11.5 Å². The molecule has 2 aromatic heterocycles. The molecule has 0 saturated carbocycles. The standard InChI is InChI=1S/C19H14Cl2N4O/c20-13-4-5-14(15(21)9-13)19(26)25-8-6-16-12(11-25)10-23-18(24-16)17-3-1-2-7-22-17/h1-5,7,9-10H,6,8,11H2. The van der Waals surface area contributed by atoms with Gasteiger partial charge in [-0.3, -0.25) is 9.78 Å². The number of nitrogens with zero attached hydrogens (tertiary/aromatic N) is 4. The predicted octanol–water partition coefficient (Wildman–Crippen LogP) is 4.04. The van der Waals surface area contributed by atoms with Crippen LogP contribution in [0.3, 0.4) is 0 Å². The smallest absolute Gasteiger partial charge is 0.255 e. The van der Waals surface area contributed by atoms with E-state index in [1.54, 1.807) is 35.5 Å². The predicted molar refractivity (Wildman–Crippen MR) is 100 cm³/mol. The molecule has 0 fully saturated rings. The Balaban J connectivity index is 1.57. The molecule has 0 aliphatic carbocycles. The maximum atomic E-state index is 12.8. The molecule has 0 saturated heterocycles. The Hall–Kier alpha value is -2.50. The number of carbonyl (C=O) groups excluding carboxylic acids is 1. The Kier molecular flexibility index (Phi) is 4.57. The fraction of sp³-hybridized carbons (Fsp3) is 0.158. The molecule has 5 nitrogen and oxygen atoms in total. The van der Waals surface area contributed by atoms with E-state index in [4.69, 9.17) is 23.2 Å². The number of aromatic nitrogens is 3. The zero-order valence-electron chi connectivity index (χ0n) is 13.7. The van der Waals surface area contributed by atoms with Crippen molar-refractivity contribution < 1.29 is 4.79 Å². The van der Waals surface area contributed by atoms with Gasteiger partial charge in [0.1, 0.15) is 5.69 Å². The molecular formula is C19H14Cl2N4O. The molecule has 130 valence electrons. The highest BCUT2D eigenvalue weighted by molar-refractivity contribution is 6.36. The summed E-state index contributed by atoms with van der Waals surface area (Å²) in [5.74, 6) is 0.482. The number of halogens is 2. The lowest BCUT2D eigenvalue weighted by atomic mass is 10.1. The molecule has 0 radical (unpaired) electrons. The quantitative estimate of drug-likeness (QED) is 0.668. The molecule has 0 unspecified atom stereocenters. The van der Waals surface area contributed by atoms with Crippen molar-refractivity contribution in [3.05, 3.63) is 75.7 Å². The SMILES string of the molecule is O=C(c1ccc(Cl)cc1Cl)N1CCc2nc(-c3ccccn3)ncc2C1. The van der Waals surface area contributed by atoms with E-state index in [1.165, 1.54) is 0 Å². The van der Waals surface area contributed by atoms with Crippen LogP contribution >= 0.6 is 23.2 Å². The van der Waals surface area contributed by atoms with Gasteiger partial charge in [-0.25, -0.2) is 9.97 Å². The molecule has 3 aromatic rings. The average Bonchev–Trinajstić information content (AvgIpc) is 2.67. The van der Waals surface area contributed by atoms with Crippen LogP contribution in [0.1, 0.15) is 21.6 Å². The van der Waals surface area contributed by atoms with Crippen LogP contribution in [0.2, 0.25) is 10.0 Å². The van der Waals surface area contributed by atoms with Gasteiger partial charge >= 0.3 is 0 Å². The molecule has 1 aromatic carbocycles. The zero-order chi connectivity index (χ0) is 18.1. The number of rotatable bonds is 2. The van der Waals surface area contributed by atoms with Crippen molar-refractivity contribution in [2.24, 2.45) is 0 Å². The maximum absolute atomic E-state index is 12.8. The molecule has 0 bridgehead atoms. The van der Waals surface area contributed by atoms with E-state index in [1.807, 2.05) is 18.2 Å². The summed E-state index contributed by atoms with van der Waals surface area (Å²) >= 11 is 12.1. The van der Waals surface area contributed by atoms with E-state index < -0.39 is 0 Å². The minimum absolute atomic E-state index is 0.119. The Morgan fingerprint density at radius 1 is 1.12 bits per heavy atom. The lowest BCUT2D eigenvalue weighted by molar-refractivity contribution is 0.0733. The first-order valence-corrected chi connectivity index (χ1v) is 8.88. The van der Waals surface area contributed by atoms with Gasteiger partial charge in [0, 0.05) is 42.5 Å². The first kappa shape index (κ1) is 16.9. The second kappa shape index (κ2) is 7.02.